The largest absolute Gasteiger partial charge is 0.366 e. The van der Waals surface area contributed by atoms with Gasteiger partial charge in [-0.25, -0.2) is 10.4 Å². The number of fused-ring (bicyclic) bond motifs is 1. The fourth-order valence-corrected chi connectivity index (χ4v) is 3.24. The molecule has 0 saturated heterocycles. The van der Waals surface area contributed by atoms with Crippen molar-refractivity contribution in [1.29, 1.82) is 0 Å². The number of aromatic nitrogens is 1. The normalized spacial score (nSPS) is 15.6. The summed E-state index contributed by atoms with van der Waals surface area (Å²) in [4.78, 5) is 18.2. The van der Waals surface area contributed by atoms with Crippen molar-refractivity contribution in [2.24, 2.45) is 5.10 Å². The lowest BCUT2D eigenvalue weighted by Crippen LogP contribution is -2.42. The second-order valence-corrected chi connectivity index (χ2v) is 7.22. The standard InChI is InChI=1S/C20H21ClN4O/c1-13-11-20(2,3)25(4)17-8-7-14(10-16(13)17)12-23-24-19(26)15-6-5-9-22-18(15)21/h5-12H,1-4H3,(H,24,26)/b23-12-. The van der Waals surface area contributed by atoms with Gasteiger partial charge in [0.05, 0.1) is 17.3 Å². The van der Waals surface area contributed by atoms with Gasteiger partial charge in [-0.3, -0.25) is 4.79 Å². The molecule has 0 radical (unpaired) electrons. The summed E-state index contributed by atoms with van der Waals surface area (Å²) in [6.45, 7) is 6.49. The zero-order valence-corrected chi connectivity index (χ0v) is 16.0. The molecule has 0 aliphatic carbocycles. The van der Waals surface area contributed by atoms with Gasteiger partial charge < -0.3 is 4.90 Å². The van der Waals surface area contributed by atoms with Crippen LogP contribution in [0.4, 0.5) is 5.69 Å². The van der Waals surface area contributed by atoms with Gasteiger partial charge in [-0.15, -0.1) is 0 Å². The molecule has 1 aliphatic rings. The Morgan fingerprint density at radius 3 is 2.85 bits per heavy atom. The average molecular weight is 369 g/mol. The lowest BCUT2D eigenvalue weighted by molar-refractivity contribution is 0.0955. The number of anilines is 1. The molecule has 134 valence electrons. The highest BCUT2D eigenvalue weighted by atomic mass is 35.5. The lowest BCUT2D eigenvalue weighted by Gasteiger charge is -2.40. The number of hydrogen-bond donors (Lipinski definition) is 1. The highest BCUT2D eigenvalue weighted by Gasteiger charge is 2.28. The minimum atomic E-state index is -0.394. The van der Waals surface area contributed by atoms with E-state index in [4.69, 9.17) is 11.6 Å². The zero-order valence-electron chi connectivity index (χ0n) is 15.2. The first-order valence-corrected chi connectivity index (χ1v) is 8.69. The third-order valence-corrected chi connectivity index (χ3v) is 4.93. The summed E-state index contributed by atoms with van der Waals surface area (Å²) in [7, 11) is 2.09. The Hall–Kier alpha value is -2.66. The number of carbonyl (C=O) groups excluding carboxylic acids is 1. The quantitative estimate of drug-likeness (QED) is 0.503. The molecule has 0 spiro atoms. The Balaban J connectivity index is 1.78. The molecule has 1 aromatic carbocycles. The number of pyridine rings is 1. The van der Waals surface area contributed by atoms with Gasteiger partial charge in [0.25, 0.3) is 5.91 Å². The average Bonchev–Trinajstić information content (AvgIpc) is 2.60. The Kier molecular flexibility index (Phi) is 4.83. The van der Waals surface area contributed by atoms with E-state index in [0.29, 0.717) is 5.56 Å². The number of amides is 1. The molecule has 3 rings (SSSR count). The Bertz CT molecular complexity index is 918. The van der Waals surface area contributed by atoms with Crippen LogP contribution in [0.3, 0.4) is 0 Å². The van der Waals surface area contributed by atoms with Gasteiger partial charge in [0.1, 0.15) is 5.15 Å². The number of benzene rings is 1. The van der Waals surface area contributed by atoms with Crippen molar-refractivity contribution in [1.82, 2.24) is 10.4 Å². The highest BCUT2D eigenvalue weighted by molar-refractivity contribution is 6.32. The van der Waals surface area contributed by atoms with Crippen LogP contribution in [0.5, 0.6) is 0 Å². The monoisotopic (exact) mass is 368 g/mol. The Morgan fingerprint density at radius 1 is 1.35 bits per heavy atom. The number of carbonyl (C=O) groups is 1. The molecular weight excluding hydrogens is 348 g/mol. The van der Waals surface area contributed by atoms with Crippen LogP contribution < -0.4 is 10.3 Å². The minimum Gasteiger partial charge on any atom is -0.366 e. The molecule has 5 nitrogen and oxygen atoms in total. The Labute approximate surface area is 158 Å². The molecule has 1 N–H and O–H groups in total. The van der Waals surface area contributed by atoms with E-state index in [2.05, 4.69) is 66.4 Å². The second-order valence-electron chi connectivity index (χ2n) is 6.86. The maximum Gasteiger partial charge on any atom is 0.274 e. The fourth-order valence-electron chi connectivity index (χ4n) is 3.04. The van der Waals surface area contributed by atoms with Crippen LogP contribution in [0, 0.1) is 0 Å². The third-order valence-electron chi connectivity index (χ3n) is 4.62. The van der Waals surface area contributed by atoms with Gasteiger partial charge in [-0.1, -0.05) is 23.7 Å². The van der Waals surface area contributed by atoms with Crippen LogP contribution in [0.1, 0.15) is 42.3 Å². The van der Waals surface area contributed by atoms with Gasteiger partial charge in [0.15, 0.2) is 0 Å². The van der Waals surface area contributed by atoms with Crippen LogP contribution in [0.25, 0.3) is 5.57 Å². The molecule has 0 bridgehead atoms. The van der Waals surface area contributed by atoms with E-state index in [-0.39, 0.29) is 10.7 Å². The first-order valence-electron chi connectivity index (χ1n) is 8.31. The van der Waals surface area contributed by atoms with E-state index in [1.165, 1.54) is 17.5 Å². The van der Waals surface area contributed by atoms with E-state index in [0.717, 1.165) is 11.1 Å². The molecule has 0 unspecified atom stereocenters. The first-order chi connectivity index (χ1) is 12.3. The van der Waals surface area contributed by atoms with Crippen LogP contribution in [-0.4, -0.2) is 29.7 Å². The van der Waals surface area contributed by atoms with Gasteiger partial charge in [0, 0.05) is 24.5 Å². The Morgan fingerprint density at radius 2 is 2.12 bits per heavy atom. The number of allylic oxidation sites excluding steroid dienone is 1. The van der Waals surface area contributed by atoms with E-state index >= 15 is 0 Å². The van der Waals surface area contributed by atoms with Crippen molar-refractivity contribution in [2.45, 2.75) is 26.3 Å². The van der Waals surface area contributed by atoms with Crippen molar-refractivity contribution in [3.8, 4) is 0 Å². The van der Waals surface area contributed by atoms with Gasteiger partial charge in [0.2, 0.25) is 0 Å². The smallest absolute Gasteiger partial charge is 0.274 e. The van der Waals surface area contributed by atoms with E-state index < -0.39 is 5.91 Å². The molecule has 1 aromatic heterocycles. The number of rotatable bonds is 3. The van der Waals surface area contributed by atoms with Gasteiger partial charge in [-0.2, -0.15) is 5.10 Å². The third kappa shape index (κ3) is 3.48. The predicted octanol–water partition coefficient (Wildman–Crippen LogP) is 4.13. The fraction of sp³-hybridized carbons (Fsp3) is 0.250. The van der Waals surface area contributed by atoms with Crippen molar-refractivity contribution >= 4 is 35.0 Å². The molecule has 1 amide bonds. The minimum absolute atomic E-state index is 0.0242. The topological polar surface area (TPSA) is 57.6 Å². The summed E-state index contributed by atoms with van der Waals surface area (Å²) in [6, 6.07) is 9.39. The number of nitrogens with one attached hydrogen (secondary N) is 1. The highest BCUT2D eigenvalue weighted by Crippen LogP contribution is 2.37. The molecule has 2 heterocycles. The molecule has 0 atom stereocenters. The summed E-state index contributed by atoms with van der Waals surface area (Å²) in [6.07, 6.45) is 5.40. The lowest BCUT2D eigenvalue weighted by atomic mass is 9.89. The maximum atomic E-state index is 12.1. The summed E-state index contributed by atoms with van der Waals surface area (Å²) in [5.74, 6) is -0.394. The molecule has 1 aliphatic heterocycles. The van der Waals surface area contributed by atoms with Crippen LogP contribution in [0.15, 0.2) is 47.7 Å². The molecule has 2 aromatic rings. The summed E-state index contributed by atoms with van der Waals surface area (Å²) >= 11 is 5.91. The first kappa shape index (κ1) is 18.1. The van der Waals surface area contributed by atoms with Crippen molar-refractivity contribution in [3.05, 3.63) is 64.4 Å². The molecule has 0 fully saturated rings. The number of nitrogens with zero attached hydrogens (tertiary/aromatic N) is 3. The van der Waals surface area contributed by atoms with Crippen LogP contribution in [0.2, 0.25) is 5.15 Å². The summed E-state index contributed by atoms with van der Waals surface area (Å²) in [5, 5.41) is 4.19. The number of likely N-dealkylation sites (N-methyl/N-ethyl adjacent to an activating group) is 1. The van der Waals surface area contributed by atoms with Gasteiger partial charge >= 0.3 is 0 Å². The molecule has 26 heavy (non-hydrogen) atoms. The van der Waals surface area contributed by atoms with Crippen LogP contribution >= 0.6 is 11.6 Å². The van der Waals surface area contributed by atoms with Crippen molar-refractivity contribution < 1.29 is 4.79 Å². The van der Waals surface area contributed by atoms with E-state index in [1.54, 1.807) is 18.3 Å². The number of halogens is 1. The maximum absolute atomic E-state index is 12.1. The molecule has 0 saturated carbocycles. The van der Waals surface area contributed by atoms with Crippen LogP contribution in [-0.2, 0) is 0 Å². The van der Waals surface area contributed by atoms with Gasteiger partial charge in [-0.05, 0) is 56.2 Å². The van der Waals surface area contributed by atoms with Crippen molar-refractivity contribution in [2.75, 3.05) is 11.9 Å². The number of hydrazone groups is 1. The summed E-state index contributed by atoms with van der Waals surface area (Å²) in [5.41, 5.74) is 7.22. The van der Waals surface area contributed by atoms with E-state index in [1.807, 2.05) is 6.07 Å². The van der Waals surface area contributed by atoms with Crippen molar-refractivity contribution in [3.63, 3.8) is 0 Å². The zero-order chi connectivity index (χ0) is 18.9. The SMILES string of the molecule is CC1=CC(C)(C)N(C)c2ccc(/C=N\NC(=O)c3cccnc3Cl)cc21. The van der Waals surface area contributed by atoms with E-state index in [9.17, 15) is 4.79 Å². The summed E-state index contributed by atoms with van der Waals surface area (Å²) < 4.78 is 0. The predicted molar refractivity (Wildman–Crippen MR) is 107 cm³/mol. The molecular formula is C20H21ClN4O. The molecule has 6 heteroatoms. The second kappa shape index (κ2) is 6.92. The number of hydrogen-bond acceptors (Lipinski definition) is 4.